The number of hydrogen-bond donors (Lipinski definition) is 3. The van der Waals surface area contributed by atoms with Gasteiger partial charge in [-0.05, 0) is 13.8 Å². The number of ether oxygens (including phenoxy) is 1. The van der Waals surface area contributed by atoms with Crippen LogP contribution in [0.4, 0.5) is 0 Å². The molecule has 0 rings (SSSR count). The Labute approximate surface area is 77.5 Å². The molecule has 2 unspecified atom stereocenters. The number of aliphatic hydroxyl groups excluding tert-OH is 1. The van der Waals surface area contributed by atoms with E-state index in [0.29, 0.717) is 0 Å². The van der Waals surface area contributed by atoms with Crippen LogP contribution in [0.25, 0.3) is 0 Å². The summed E-state index contributed by atoms with van der Waals surface area (Å²) in [7, 11) is 0. The molecule has 0 aliphatic heterocycles. The number of aliphatic hydroxyl groups is 2. The van der Waals surface area contributed by atoms with E-state index in [1.54, 1.807) is 6.92 Å². The van der Waals surface area contributed by atoms with Crippen molar-refractivity contribution in [3.8, 4) is 0 Å². The zero-order valence-corrected chi connectivity index (χ0v) is 7.99. The molecule has 0 aromatic heterocycles. The maximum absolute atomic E-state index is 11.2. The molecule has 0 aromatic carbocycles. The lowest BCUT2D eigenvalue weighted by Crippen LogP contribution is -2.41. The predicted octanol–water partition coefficient (Wildman–Crippen LogP) is -0.990. The zero-order chi connectivity index (χ0) is 10.5. The van der Waals surface area contributed by atoms with E-state index < -0.39 is 17.7 Å². The smallest absolute Gasteiger partial charge is 0.223 e. The molecular weight excluding hydrogens is 174 g/mol. The van der Waals surface area contributed by atoms with Gasteiger partial charge in [-0.15, -0.1) is 0 Å². The number of hydrogen-bond acceptors (Lipinski definition) is 5. The molecular formula is C8H17NO4. The van der Waals surface area contributed by atoms with Gasteiger partial charge in [-0.2, -0.15) is 0 Å². The Morgan fingerprint density at radius 3 is 2.62 bits per heavy atom. The van der Waals surface area contributed by atoms with E-state index in [1.807, 2.05) is 0 Å². The van der Waals surface area contributed by atoms with Gasteiger partial charge in [0, 0.05) is 19.6 Å². The predicted molar refractivity (Wildman–Crippen MR) is 46.9 cm³/mol. The largest absolute Gasteiger partial charge is 0.391 e. The Morgan fingerprint density at radius 2 is 2.23 bits per heavy atom. The van der Waals surface area contributed by atoms with Crippen molar-refractivity contribution in [3.63, 3.8) is 0 Å². The van der Waals surface area contributed by atoms with Gasteiger partial charge in [0.2, 0.25) is 5.79 Å². The lowest BCUT2D eigenvalue weighted by molar-refractivity contribution is -0.196. The monoisotopic (exact) mass is 191 g/mol. The van der Waals surface area contributed by atoms with Gasteiger partial charge in [0.05, 0.1) is 6.10 Å². The van der Waals surface area contributed by atoms with E-state index in [1.165, 1.54) is 6.92 Å². The summed E-state index contributed by atoms with van der Waals surface area (Å²) in [6.07, 6.45) is -1.11. The fraction of sp³-hybridized carbons (Fsp3) is 0.875. The lowest BCUT2D eigenvalue weighted by Gasteiger charge is -2.22. The van der Waals surface area contributed by atoms with Crippen molar-refractivity contribution in [1.29, 1.82) is 0 Å². The van der Waals surface area contributed by atoms with Gasteiger partial charge in [-0.3, -0.25) is 4.79 Å². The molecule has 0 saturated heterocycles. The number of Topliss-reactive ketones (excluding diaryl/α,β-unsaturated/α-hetero) is 1. The van der Waals surface area contributed by atoms with Crippen molar-refractivity contribution in [2.45, 2.75) is 32.2 Å². The molecule has 0 fully saturated rings. The molecule has 0 radical (unpaired) electrons. The minimum Gasteiger partial charge on any atom is -0.391 e. The van der Waals surface area contributed by atoms with Gasteiger partial charge in [-0.1, -0.05) is 0 Å². The number of ketones is 1. The standard InChI is InChI=1S/C8H17NO4/c1-3-13-8(2,12)7(11)4-6(10)5-9/h6,10,12H,3-5,9H2,1-2H3. The number of carbonyl (C=O) groups excluding carboxylic acids is 1. The molecule has 5 heteroatoms. The zero-order valence-electron chi connectivity index (χ0n) is 7.99. The third-order valence-electron chi connectivity index (χ3n) is 1.64. The highest BCUT2D eigenvalue weighted by Crippen LogP contribution is 2.10. The second kappa shape index (κ2) is 5.29. The van der Waals surface area contributed by atoms with E-state index in [0.717, 1.165) is 0 Å². The molecule has 0 spiro atoms. The highest BCUT2D eigenvalue weighted by molar-refractivity contribution is 5.85. The van der Waals surface area contributed by atoms with Crippen LogP contribution in [0.15, 0.2) is 0 Å². The third-order valence-corrected chi connectivity index (χ3v) is 1.64. The van der Waals surface area contributed by atoms with Crippen LogP contribution in [0.1, 0.15) is 20.3 Å². The van der Waals surface area contributed by atoms with Crippen molar-refractivity contribution < 1.29 is 19.7 Å². The van der Waals surface area contributed by atoms with E-state index in [4.69, 9.17) is 15.6 Å². The van der Waals surface area contributed by atoms with Crippen molar-refractivity contribution in [2.24, 2.45) is 5.73 Å². The first-order chi connectivity index (χ1) is 5.94. The Bertz CT molecular complexity index is 170. The molecule has 0 saturated carbocycles. The molecule has 0 amide bonds. The number of carbonyl (C=O) groups is 1. The van der Waals surface area contributed by atoms with Crippen LogP contribution in [-0.4, -0.2) is 41.0 Å². The maximum atomic E-state index is 11.2. The summed E-state index contributed by atoms with van der Waals surface area (Å²) < 4.78 is 4.79. The summed E-state index contributed by atoms with van der Waals surface area (Å²) in [5.74, 6) is -2.38. The van der Waals surface area contributed by atoms with Gasteiger partial charge in [0.15, 0.2) is 5.78 Å². The van der Waals surface area contributed by atoms with E-state index in [-0.39, 0.29) is 19.6 Å². The van der Waals surface area contributed by atoms with Crippen LogP contribution in [0.3, 0.4) is 0 Å². The average Bonchev–Trinajstić information content (AvgIpc) is 2.04. The topological polar surface area (TPSA) is 92.8 Å². The normalized spacial score (nSPS) is 17.9. The first kappa shape index (κ1) is 12.5. The number of nitrogens with two attached hydrogens (primary N) is 1. The summed E-state index contributed by atoms with van der Waals surface area (Å²) in [5.41, 5.74) is 5.11. The van der Waals surface area contributed by atoms with Crippen molar-refractivity contribution in [2.75, 3.05) is 13.2 Å². The first-order valence-corrected chi connectivity index (χ1v) is 4.21. The molecule has 0 aliphatic carbocycles. The van der Waals surface area contributed by atoms with Crippen LogP contribution < -0.4 is 5.73 Å². The van der Waals surface area contributed by atoms with Crippen LogP contribution in [0, 0.1) is 0 Å². The fourth-order valence-electron chi connectivity index (χ4n) is 0.848. The molecule has 2 atom stereocenters. The quantitative estimate of drug-likeness (QED) is 0.469. The van der Waals surface area contributed by atoms with Gasteiger partial charge in [0.25, 0.3) is 0 Å². The van der Waals surface area contributed by atoms with Crippen LogP contribution in [0.5, 0.6) is 0 Å². The second-order valence-corrected chi connectivity index (χ2v) is 2.93. The molecule has 13 heavy (non-hydrogen) atoms. The maximum Gasteiger partial charge on any atom is 0.223 e. The lowest BCUT2D eigenvalue weighted by atomic mass is 10.1. The van der Waals surface area contributed by atoms with Gasteiger partial charge in [0.1, 0.15) is 0 Å². The van der Waals surface area contributed by atoms with E-state index in [9.17, 15) is 9.90 Å². The molecule has 0 bridgehead atoms. The fourth-order valence-corrected chi connectivity index (χ4v) is 0.848. The molecule has 5 nitrogen and oxygen atoms in total. The Morgan fingerprint density at radius 1 is 1.69 bits per heavy atom. The summed E-state index contributed by atoms with van der Waals surface area (Å²) in [6.45, 7) is 3.15. The van der Waals surface area contributed by atoms with Crippen molar-refractivity contribution in [3.05, 3.63) is 0 Å². The summed E-state index contributed by atoms with van der Waals surface area (Å²) >= 11 is 0. The molecule has 0 aliphatic rings. The summed E-state index contributed by atoms with van der Waals surface area (Å²) in [5, 5.41) is 18.5. The Hall–Kier alpha value is -0.490. The van der Waals surface area contributed by atoms with Gasteiger partial charge < -0.3 is 20.7 Å². The molecule has 0 heterocycles. The van der Waals surface area contributed by atoms with Crippen LogP contribution in [0.2, 0.25) is 0 Å². The Balaban J connectivity index is 4.08. The highest BCUT2D eigenvalue weighted by atomic mass is 16.6. The number of rotatable bonds is 6. The SMILES string of the molecule is CCOC(C)(O)C(=O)CC(O)CN. The molecule has 78 valence electrons. The first-order valence-electron chi connectivity index (χ1n) is 4.21. The van der Waals surface area contributed by atoms with E-state index >= 15 is 0 Å². The minimum atomic E-state index is -1.81. The summed E-state index contributed by atoms with van der Waals surface area (Å²) in [4.78, 5) is 11.2. The highest BCUT2D eigenvalue weighted by Gasteiger charge is 2.31. The second-order valence-electron chi connectivity index (χ2n) is 2.93. The van der Waals surface area contributed by atoms with Crippen LogP contribution >= 0.6 is 0 Å². The molecule has 0 aromatic rings. The summed E-state index contributed by atoms with van der Waals surface area (Å²) in [6, 6.07) is 0. The van der Waals surface area contributed by atoms with Crippen LogP contribution in [-0.2, 0) is 9.53 Å². The van der Waals surface area contributed by atoms with E-state index in [2.05, 4.69) is 0 Å². The van der Waals surface area contributed by atoms with Crippen molar-refractivity contribution in [1.82, 2.24) is 0 Å². The average molecular weight is 191 g/mol. The molecule has 4 N–H and O–H groups in total. The Kier molecular flexibility index (Phi) is 5.09. The van der Waals surface area contributed by atoms with Crippen molar-refractivity contribution >= 4 is 5.78 Å². The van der Waals surface area contributed by atoms with Gasteiger partial charge in [-0.25, -0.2) is 0 Å². The van der Waals surface area contributed by atoms with Gasteiger partial charge >= 0.3 is 0 Å². The minimum absolute atomic E-state index is 0.00601. The third kappa shape index (κ3) is 4.33.